The number of pyridine rings is 1. The van der Waals surface area contributed by atoms with Crippen molar-refractivity contribution in [3.05, 3.63) is 33.7 Å². The Morgan fingerprint density at radius 1 is 1.50 bits per heavy atom. The molecule has 1 aliphatic rings. The van der Waals surface area contributed by atoms with Crippen molar-refractivity contribution in [1.29, 1.82) is 0 Å². The zero-order chi connectivity index (χ0) is 8.55. The van der Waals surface area contributed by atoms with E-state index >= 15 is 0 Å². The minimum absolute atomic E-state index is 0.0279. The van der Waals surface area contributed by atoms with Gasteiger partial charge in [-0.25, -0.2) is 0 Å². The Kier molecular flexibility index (Phi) is 1.73. The molecule has 1 fully saturated rings. The van der Waals surface area contributed by atoms with Crippen LogP contribution in [0.15, 0.2) is 16.9 Å². The smallest absolute Gasteiger partial charge is 0.248 e. The Hall–Kier alpha value is -1.09. The molecule has 12 heavy (non-hydrogen) atoms. The van der Waals surface area contributed by atoms with Crippen LogP contribution in [0.4, 0.5) is 0 Å². The molecule has 2 rings (SSSR count). The maximum Gasteiger partial charge on any atom is 0.248 e. The summed E-state index contributed by atoms with van der Waals surface area (Å²) in [6, 6.07) is 3.56. The maximum atomic E-state index is 11.1. The highest BCUT2D eigenvalue weighted by Crippen LogP contribution is 2.38. The lowest BCUT2D eigenvalue weighted by Gasteiger charge is -2.00. The summed E-state index contributed by atoms with van der Waals surface area (Å²) in [5.74, 6) is 0.587. The number of nitrogens with two attached hydrogens (primary N) is 1. The Balaban J connectivity index is 2.41. The number of aromatic amines is 1. The highest BCUT2D eigenvalue weighted by molar-refractivity contribution is 5.21. The molecule has 0 aromatic carbocycles. The normalized spacial score (nSPS) is 16.4. The second-order valence-electron chi connectivity index (χ2n) is 3.29. The summed E-state index contributed by atoms with van der Waals surface area (Å²) in [6.07, 6.45) is 2.40. The van der Waals surface area contributed by atoms with Crippen molar-refractivity contribution in [2.24, 2.45) is 5.73 Å². The summed E-state index contributed by atoms with van der Waals surface area (Å²) in [7, 11) is 0. The van der Waals surface area contributed by atoms with Gasteiger partial charge in [-0.15, -0.1) is 0 Å². The molecule has 0 radical (unpaired) electrons. The molecular weight excluding hydrogens is 152 g/mol. The predicted molar refractivity (Wildman–Crippen MR) is 46.9 cm³/mol. The molecule has 0 aliphatic heterocycles. The first-order chi connectivity index (χ1) is 5.79. The van der Waals surface area contributed by atoms with Crippen LogP contribution in [-0.2, 0) is 6.54 Å². The number of hydrogen-bond acceptors (Lipinski definition) is 2. The van der Waals surface area contributed by atoms with Gasteiger partial charge >= 0.3 is 0 Å². The van der Waals surface area contributed by atoms with Crippen LogP contribution >= 0.6 is 0 Å². The van der Waals surface area contributed by atoms with E-state index in [1.54, 1.807) is 6.07 Å². The minimum Gasteiger partial charge on any atom is -0.326 e. The fourth-order valence-electron chi connectivity index (χ4n) is 1.36. The molecule has 3 N–H and O–H groups in total. The van der Waals surface area contributed by atoms with Crippen molar-refractivity contribution in [2.45, 2.75) is 25.3 Å². The summed E-state index contributed by atoms with van der Waals surface area (Å²) < 4.78 is 0. The Morgan fingerprint density at radius 3 is 2.83 bits per heavy atom. The van der Waals surface area contributed by atoms with Gasteiger partial charge in [0.05, 0.1) is 0 Å². The number of H-pyrrole nitrogens is 1. The van der Waals surface area contributed by atoms with Crippen LogP contribution in [0.5, 0.6) is 0 Å². The summed E-state index contributed by atoms with van der Waals surface area (Å²) in [5.41, 5.74) is 7.42. The van der Waals surface area contributed by atoms with Gasteiger partial charge in [-0.05, 0) is 30.4 Å². The highest BCUT2D eigenvalue weighted by Gasteiger charge is 2.24. The molecular formula is C9H12N2O. The molecule has 1 aromatic heterocycles. The van der Waals surface area contributed by atoms with Crippen molar-refractivity contribution in [1.82, 2.24) is 4.98 Å². The van der Waals surface area contributed by atoms with Crippen LogP contribution in [0.3, 0.4) is 0 Å². The van der Waals surface area contributed by atoms with Gasteiger partial charge < -0.3 is 10.7 Å². The predicted octanol–water partition coefficient (Wildman–Crippen LogP) is 0.711. The van der Waals surface area contributed by atoms with Crippen LogP contribution in [0.1, 0.15) is 30.0 Å². The lowest BCUT2D eigenvalue weighted by atomic mass is 10.2. The summed E-state index contributed by atoms with van der Waals surface area (Å²) in [4.78, 5) is 13.9. The van der Waals surface area contributed by atoms with Crippen LogP contribution in [0.2, 0.25) is 0 Å². The van der Waals surface area contributed by atoms with E-state index < -0.39 is 0 Å². The van der Waals surface area contributed by atoms with E-state index in [0.29, 0.717) is 12.5 Å². The third-order valence-electron chi connectivity index (χ3n) is 2.18. The zero-order valence-corrected chi connectivity index (χ0v) is 6.84. The molecule has 1 aromatic rings. The second-order valence-corrected chi connectivity index (χ2v) is 3.29. The van der Waals surface area contributed by atoms with Gasteiger partial charge in [0.15, 0.2) is 0 Å². The number of nitrogens with one attached hydrogen (secondary N) is 1. The molecule has 64 valence electrons. The van der Waals surface area contributed by atoms with Gasteiger partial charge in [-0.2, -0.15) is 0 Å². The largest absolute Gasteiger partial charge is 0.326 e. The third-order valence-corrected chi connectivity index (χ3v) is 2.18. The first kappa shape index (κ1) is 7.55. The van der Waals surface area contributed by atoms with Crippen LogP contribution < -0.4 is 11.3 Å². The quantitative estimate of drug-likeness (QED) is 0.676. The third kappa shape index (κ3) is 1.41. The topological polar surface area (TPSA) is 58.9 Å². The highest BCUT2D eigenvalue weighted by atomic mass is 16.1. The molecule has 1 saturated carbocycles. The number of aromatic nitrogens is 1. The summed E-state index contributed by atoms with van der Waals surface area (Å²) in [5, 5.41) is 0. The minimum atomic E-state index is -0.0279. The molecule has 0 bridgehead atoms. The van der Waals surface area contributed by atoms with Crippen LogP contribution in [0, 0.1) is 0 Å². The molecule has 0 amide bonds. The Bertz CT molecular complexity index is 339. The monoisotopic (exact) mass is 164 g/mol. The van der Waals surface area contributed by atoms with Crippen molar-refractivity contribution >= 4 is 0 Å². The zero-order valence-electron chi connectivity index (χ0n) is 6.84. The maximum absolute atomic E-state index is 11.1. The number of hydrogen-bond donors (Lipinski definition) is 2. The van der Waals surface area contributed by atoms with Crippen molar-refractivity contribution in [2.75, 3.05) is 0 Å². The number of rotatable bonds is 2. The van der Waals surface area contributed by atoms with Gasteiger partial charge in [0.1, 0.15) is 0 Å². The molecule has 3 heteroatoms. The summed E-state index contributed by atoms with van der Waals surface area (Å²) in [6.45, 7) is 0.448. The molecule has 3 nitrogen and oxygen atoms in total. The fraction of sp³-hybridized carbons (Fsp3) is 0.444. The molecule has 0 saturated heterocycles. The Labute approximate surface area is 70.6 Å². The van der Waals surface area contributed by atoms with Crippen molar-refractivity contribution in [3.8, 4) is 0 Å². The van der Waals surface area contributed by atoms with E-state index in [4.69, 9.17) is 5.73 Å². The standard InChI is InChI=1S/C9H12N2O/c10-5-6-3-8(7-1-2-7)11-9(12)4-6/h3-4,7H,1-2,5,10H2,(H,11,12). The first-order valence-electron chi connectivity index (χ1n) is 4.23. The van der Waals surface area contributed by atoms with E-state index in [1.807, 2.05) is 6.07 Å². The van der Waals surface area contributed by atoms with Crippen molar-refractivity contribution < 1.29 is 0 Å². The van der Waals surface area contributed by atoms with Crippen LogP contribution in [-0.4, -0.2) is 4.98 Å². The average molecular weight is 164 g/mol. The fourth-order valence-corrected chi connectivity index (χ4v) is 1.36. The molecule has 0 atom stereocenters. The lowest BCUT2D eigenvalue weighted by Crippen LogP contribution is -2.10. The average Bonchev–Trinajstić information content (AvgIpc) is 2.85. The van der Waals surface area contributed by atoms with Gasteiger partial charge in [0, 0.05) is 18.3 Å². The van der Waals surface area contributed by atoms with Gasteiger partial charge in [-0.3, -0.25) is 4.79 Å². The van der Waals surface area contributed by atoms with E-state index in [2.05, 4.69) is 4.98 Å². The van der Waals surface area contributed by atoms with E-state index in [1.165, 1.54) is 12.8 Å². The van der Waals surface area contributed by atoms with Gasteiger partial charge in [0.25, 0.3) is 0 Å². The van der Waals surface area contributed by atoms with E-state index in [0.717, 1.165) is 11.3 Å². The van der Waals surface area contributed by atoms with E-state index in [-0.39, 0.29) is 5.56 Å². The molecule has 0 spiro atoms. The molecule has 1 heterocycles. The van der Waals surface area contributed by atoms with E-state index in [9.17, 15) is 4.79 Å². The molecule has 0 unspecified atom stereocenters. The van der Waals surface area contributed by atoms with Crippen LogP contribution in [0.25, 0.3) is 0 Å². The van der Waals surface area contributed by atoms with Gasteiger partial charge in [-0.1, -0.05) is 0 Å². The van der Waals surface area contributed by atoms with Crippen molar-refractivity contribution in [3.63, 3.8) is 0 Å². The molecule has 1 aliphatic carbocycles. The second kappa shape index (κ2) is 2.75. The lowest BCUT2D eigenvalue weighted by molar-refractivity contribution is 0.961. The van der Waals surface area contributed by atoms with Gasteiger partial charge in [0.2, 0.25) is 5.56 Å². The summed E-state index contributed by atoms with van der Waals surface area (Å²) >= 11 is 0. The SMILES string of the molecule is NCc1cc(C2CC2)[nH]c(=O)c1. The Morgan fingerprint density at radius 2 is 2.25 bits per heavy atom. The first-order valence-corrected chi connectivity index (χ1v) is 4.23.